The van der Waals surface area contributed by atoms with Crippen molar-refractivity contribution >= 4 is 0 Å². The summed E-state index contributed by atoms with van der Waals surface area (Å²) < 4.78 is 0. The number of hydrogen-bond acceptors (Lipinski definition) is 3. The fourth-order valence-electron chi connectivity index (χ4n) is 2.67. The summed E-state index contributed by atoms with van der Waals surface area (Å²) in [5.74, 6) is 0. The molecule has 0 aromatic carbocycles. The summed E-state index contributed by atoms with van der Waals surface area (Å²) >= 11 is 0. The van der Waals surface area contributed by atoms with Crippen molar-refractivity contribution in [3.8, 4) is 0 Å². The van der Waals surface area contributed by atoms with Gasteiger partial charge in [0.05, 0.1) is 5.60 Å². The average molecular weight is 242 g/mol. The quantitative estimate of drug-likeness (QED) is 0.717. The maximum absolute atomic E-state index is 10.1. The van der Waals surface area contributed by atoms with E-state index in [4.69, 9.17) is 0 Å². The molecule has 1 unspecified atom stereocenters. The van der Waals surface area contributed by atoms with Crippen molar-refractivity contribution < 1.29 is 5.11 Å². The Kier molecular flexibility index (Phi) is 6.45. The lowest BCUT2D eigenvalue weighted by Crippen LogP contribution is -2.47. The fourth-order valence-corrected chi connectivity index (χ4v) is 2.67. The van der Waals surface area contributed by atoms with E-state index in [0.717, 1.165) is 19.4 Å². The molecule has 2 N–H and O–H groups in total. The van der Waals surface area contributed by atoms with E-state index in [9.17, 15) is 5.11 Å². The summed E-state index contributed by atoms with van der Waals surface area (Å²) in [6.45, 7) is 10.7. The van der Waals surface area contributed by atoms with E-state index in [1.807, 2.05) is 6.92 Å². The summed E-state index contributed by atoms with van der Waals surface area (Å²) in [5, 5.41) is 13.6. The molecule has 0 aliphatic carbocycles. The maximum Gasteiger partial charge on any atom is 0.0743 e. The molecule has 1 aliphatic rings. The van der Waals surface area contributed by atoms with Gasteiger partial charge in [0.2, 0.25) is 0 Å². The van der Waals surface area contributed by atoms with E-state index in [1.165, 1.54) is 38.9 Å². The molecule has 17 heavy (non-hydrogen) atoms. The van der Waals surface area contributed by atoms with Gasteiger partial charge in [0.1, 0.15) is 0 Å². The Hall–Kier alpha value is -0.120. The van der Waals surface area contributed by atoms with Crippen LogP contribution in [0.25, 0.3) is 0 Å². The molecule has 102 valence electrons. The molecular weight excluding hydrogens is 212 g/mol. The molecule has 1 fully saturated rings. The van der Waals surface area contributed by atoms with Gasteiger partial charge in [-0.2, -0.15) is 0 Å². The molecule has 1 heterocycles. The first-order valence-electron chi connectivity index (χ1n) is 7.25. The Morgan fingerprint density at radius 3 is 2.41 bits per heavy atom. The molecule has 3 nitrogen and oxygen atoms in total. The summed E-state index contributed by atoms with van der Waals surface area (Å²) in [4.78, 5) is 2.54. The number of piperidine rings is 1. The smallest absolute Gasteiger partial charge is 0.0743 e. The van der Waals surface area contributed by atoms with Crippen LogP contribution in [0.15, 0.2) is 0 Å². The van der Waals surface area contributed by atoms with Crippen LogP contribution in [0.5, 0.6) is 0 Å². The molecule has 0 bridgehead atoms. The first-order valence-corrected chi connectivity index (χ1v) is 7.25. The van der Waals surface area contributed by atoms with Crippen LogP contribution in [0.4, 0.5) is 0 Å². The summed E-state index contributed by atoms with van der Waals surface area (Å²) in [5.41, 5.74) is -0.532. The highest BCUT2D eigenvalue weighted by atomic mass is 16.3. The predicted molar refractivity (Wildman–Crippen MR) is 73.3 cm³/mol. The van der Waals surface area contributed by atoms with Crippen molar-refractivity contribution in [2.45, 2.75) is 64.5 Å². The maximum atomic E-state index is 10.1. The molecule has 0 spiro atoms. The van der Waals surface area contributed by atoms with Crippen molar-refractivity contribution in [3.63, 3.8) is 0 Å². The molecule has 0 aromatic heterocycles. The van der Waals surface area contributed by atoms with Gasteiger partial charge in [-0.05, 0) is 52.2 Å². The zero-order chi connectivity index (χ0) is 12.7. The predicted octanol–water partition coefficient (Wildman–Crippen LogP) is 2.00. The van der Waals surface area contributed by atoms with Crippen LogP contribution in [0.3, 0.4) is 0 Å². The minimum Gasteiger partial charge on any atom is -0.389 e. The standard InChI is InChI=1S/C14H30N2O/c1-4-8-14(3,17)12-15-13-6-10-16(9-5-2)11-7-13/h13,15,17H,4-12H2,1-3H3. The highest BCUT2D eigenvalue weighted by Crippen LogP contribution is 2.14. The van der Waals surface area contributed by atoms with Crippen LogP contribution in [-0.2, 0) is 0 Å². The third kappa shape index (κ3) is 5.84. The Morgan fingerprint density at radius 1 is 1.24 bits per heavy atom. The highest BCUT2D eigenvalue weighted by molar-refractivity contribution is 4.81. The van der Waals surface area contributed by atoms with Gasteiger partial charge in [0.25, 0.3) is 0 Å². The molecular formula is C14H30N2O. The van der Waals surface area contributed by atoms with Crippen molar-refractivity contribution in [1.82, 2.24) is 10.2 Å². The third-order valence-corrected chi connectivity index (χ3v) is 3.69. The van der Waals surface area contributed by atoms with Gasteiger partial charge in [-0.3, -0.25) is 0 Å². The average Bonchev–Trinajstić information content (AvgIpc) is 2.29. The van der Waals surface area contributed by atoms with Gasteiger partial charge >= 0.3 is 0 Å². The molecule has 3 heteroatoms. The van der Waals surface area contributed by atoms with Crippen LogP contribution in [0, 0.1) is 0 Å². The summed E-state index contributed by atoms with van der Waals surface area (Å²) in [7, 11) is 0. The van der Waals surface area contributed by atoms with Crippen molar-refractivity contribution in [1.29, 1.82) is 0 Å². The minimum atomic E-state index is -0.532. The molecule has 0 saturated carbocycles. The number of rotatable bonds is 7. The highest BCUT2D eigenvalue weighted by Gasteiger charge is 2.23. The van der Waals surface area contributed by atoms with Crippen LogP contribution in [0.2, 0.25) is 0 Å². The first-order chi connectivity index (χ1) is 8.07. The number of aliphatic hydroxyl groups is 1. The number of nitrogens with one attached hydrogen (secondary N) is 1. The van der Waals surface area contributed by atoms with Gasteiger partial charge in [-0.25, -0.2) is 0 Å². The Balaban J connectivity index is 2.17. The molecule has 0 amide bonds. The third-order valence-electron chi connectivity index (χ3n) is 3.69. The molecule has 1 saturated heterocycles. The second-order valence-corrected chi connectivity index (χ2v) is 5.74. The van der Waals surface area contributed by atoms with Crippen molar-refractivity contribution in [2.75, 3.05) is 26.2 Å². The lowest BCUT2D eigenvalue weighted by Gasteiger charge is -2.34. The van der Waals surface area contributed by atoms with E-state index < -0.39 is 5.60 Å². The van der Waals surface area contributed by atoms with E-state index >= 15 is 0 Å². The molecule has 1 rings (SSSR count). The normalized spacial score (nSPS) is 22.6. The van der Waals surface area contributed by atoms with Gasteiger partial charge in [-0.1, -0.05) is 20.3 Å². The second-order valence-electron chi connectivity index (χ2n) is 5.74. The topological polar surface area (TPSA) is 35.5 Å². The Bertz CT molecular complexity index is 198. The molecule has 1 aliphatic heterocycles. The SMILES string of the molecule is CCCN1CCC(NCC(C)(O)CCC)CC1. The molecule has 0 aromatic rings. The summed E-state index contributed by atoms with van der Waals surface area (Å²) in [6, 6.07) is 0.603. The molecule has 1 atom stereocenters. The van der Waals surface area contributed by atoms with Gasteiger partial charge in [0.15, 0.2) is 0 Å². The van der Waals surface area contributed by atoms with Crippen LogP contribution >= 0.6 is 0 Å². The van der Waals surface area contributed by atoms with Crippen LogP contribution in [-0.4, -0.2) is 47.8 Å². The lowest BCUT2D eigenvalue weighted by molar-refractivity contribution is 0.0439. The Morgan fingerprint density at radius 2 is 1.88 bits per heavy atom. The minimum absolute atomic E-state index is 0.532. The van der Waals surface area contributed by atoms with E-state index in [-0.39, 0.29) is 0 Å². The van der Waals surface area contributed by atoms with Crippen LogP contribution in [0.1, 0.15) is 52.9 Å². The fraction of sp³-hybridized carbons (Fsp3) is 1.00. The lowest BCUT2D eigenvalue weighted by atomic mass is 9.98. The second kappa shape index (κ2) is 7.34. The number of hydrogen-bond donors (Lipinski definition) is 2. The van der Waals surface area contributed by atoms with Crippen molar-refractivity contribution in [3.05, 3.63) is 0 Å². The zero-order valence-electron chi connectivity index (χ0n) is 11.8. The van der Waals surface area contributed by atoms with Gasteiger partial charge < -0.3 is 15.3 Å². The monoisotopic (exact) mass is 242 g/mol. The van der Waals surface area contributed by atoms with E-state index in [0.29, 0.717) is 6.04 Å². The van der Waals surface area contributed by atoms with Gasteiger partial charge in [-0.15, -0.1) is 0 Å². The zero-order valence-corrected chi connectivity index (χ0v) is 11.8. The number of likely N-dealkylation sites (tertiary alicyclic amines) is 1. The van der Waals surface area contributed by atoms with Crippen molar-refractivity contribution in [2.24, 2.45) is 0 Å². The first kappa shape index (κ1) is 14.9. The van der Waals surface area contributed by atoms with Gasteiger partial charge in [0, 0.05) is 12.6 Å². The van der Waals surface area contributed by atoms with E-state index in [1.54, 1.807) is 0 Å². The largest absolute Gasteiger partial charge is 0.389 e. The summed E-state index contributed by atoms with van der Waals surface area (Å²) in [6.07, 6.45) is 5.63. The number of nitrogens with zero attached hydrogens (tertiary/aromatic N) is 1. The Labute approximate surface area is 107 Å². The van der Waals surface area contributed by atoms with Crippen LogP contribution < -0.4 is 5.32 Å². The van der Waals surface area contributed by atoms with E-state index in [2.05, 4.69) is 24.1 Å². The molecule has 0 radical (unpaired) electrons.